The molecule has 0 heterocycles. The molecule has 4 aliphatic carbocycles. The Bertz CT molecular complexity index is 718. The summed E-state index contributed by atoms with van der Waals surface area (Å²) >= 11 is 0. The summed E-state index contributed by atoms with van der Waals surface area (Å²) in [4.78, 5) is 24.3. The minimum Gasteiger partial charge on any atom is -0.466 e. The van der Waals surface area contributed by atoms with Crippen LogP contribution in [-0.4, -0.2) is 29.6 Å². The summed E-state index contributed by atoms with van der Waals surface area (Å²) in [5, 5.41) is 11.8. The highest BCUT2D eigenvalue weighted by molar-refractivity contribution is 5.79. The highest BCUT2D eigenvalue weighted by atomic mass is 16.5. The van der Waals surface area contributed by atoms with E-state index < -0.39 is 0 Å². The zero-order valence-corrected chi connectivity index (χ0v) is 21.1. The van der Waals surface area contributed by atoms with Gasteiger partial charge < -0.3 is 9.84 Å². The molecule has 1 N–H and O–H groups in total. The minimum atomic E-state index is -0.271. The van der Waals surface area contributed by atoms with E-state index in [0.29, 0.717) is 60.7 Å². The Kier molecular flexibility index (Phi) is 6.85. The number of ether oxygens (including phenoxy) is 1. The van der Waals surface area contributed by atoms with Crippen molar-refractivity contribution in [3.8, 4) is 0 Å². The van der Waals surface area contributed by atoms with Crippen LogP contribution in [0.1, 0.15) is 98.8 Å². The highest BCUT2D eigenvalue weighted by Gasteiger charge is 2.64. The third-order valence-corrected chi connectivity index (χ3v) is 11.1. The van der Waals surface area contributed by atoms with Gasteiger partial charge in [0.2, 0.25) is 0 Å². The maximum absolute atomic E-state index is 12.4. The van der Waals surface area contributed by atoms with Crippen LogP contribution in [0.2, 0.25) is 0 Å². The molecule has 0 aromatic carbocycles. The van der Waals surface area contributed by atoms with Gasteiger partial charge in [0.05, 0.1) is 12.7 Å². The van der Waals surface area contributed by atoms with E-state index in [0.717, 1.165) is 25.7 Å². The van der Waals surface area contributed by atoms with E-state index in [1.807, 2.05) is 6.92 Å². The summed E-state index contributed by atoms with van der Waals surface area (Å²) in [6.07, 6.45) is 9.41. The maximum Gasteiger partial charge on any atom is 0.305 e. The molecule has 0 saturated heterocycles. The average Bonchev–Trinajstić information content (AvgIpc) is 3.11. The van der Waals surface area contributed by atoms with Crippen molar-refractivity contribution < 1.29 is 19.4 Å². The monoisotopic (exact) mass is 446 g/mol. The Hall–Kier alpha value is -0.900. The summed E-state index contributed by atoms with van der Waals surface area (Å²) in [5.41, 5.74) is 0.454. The molecule has 0 radical (unpaired) electrons. The normalized spacial score (nSPS) is 46.7. The number of ketones is 1. The lowest BCUT2D eigenvalue weighted by Crippen LogP contribution is -2.61. The van der Waals surface area contributed by atoms with E-state index in [1.165, 1.54) is 25.7 Å². The summed E-state index contributed by atoms with van der Waals surface area (Å²) in [6.45, 7) is 11.8. The lowest BCUT2D eigenvalue weighted by molar-refractivity contribution is -0.194. The zero-order valence-electron chi connectivity index (χ0n) is 21.1. The molecule has 4 nitrogen and oxygen atoms in total. The second-order valence-electron chi connectivity index (χ2n) is 12.3. The van der Waals surface area contributed by atoms with Gasteiger partial charge in [-0.1, -0.05) is 34.1 Å². The van der Waals surface area contributed by atoms with E-state index in [2.05, 4.69) is 27.7 Å². The minimum absolute atomic E-state index is 0.0675. The van der Waals surface area contributed by atoms with Gasteiger partial charge in [-0.3, -0.25) is 9.59 Å². The molecule has 0 aromatic heterocycles. The number of aliphatic hydroxyl groups excluding tert-OH is 1. The van der Waals surface area contributed by atoms with Gasteiger partial charge in [-0.2, -0.15) is 0 Å². The Morgan fingerprint density at radius 3 is 2.50 bits per heavy atom. The van der Waals surface area contributed by atoms with Crippen LogP contribution >= 0.6 is 0 Å². The van der Waals surface area contributed by atoms with E-state index in [-0.39, 0.29) is 28.8 Å². The van der Waals surface area contributed by atoms with Crippen LogP contribution in [0.3, 0.4) is 0 Å². The molecule has 0 amide bonds. The van der Waals surface area contributed by atoms with Gasteiger partial charge in [-0.15, -0.1) is 0 Å². The molecule has 4 rings (SSSR count). The highest BCUT2D eigenvalue weighted by Crippen LogP contribution is 2.69. The molecule has 10 atom stereocenters. The number of carbonyl (C=O) groups excluding carboxylic acids is 2. The first-order chi connectivity index (χ1) is 15.2. The van der Waals surface area contributed by atoms with Crippen molar-refractivity contribution in [3.05, 3.63) is 0 Å². The van der Waals surface area contributed by atoms with Crippen LogP contribution < -0.4 is 0 Å². The molecule has 0 spiro atoms. The zero-order chi connectivity index (χ0) is 23.3. The number of hydrogen-bond acceptors (Lipinski definition) is 4. The maximum atomic E-state index is 12.4. The molecule has 32 heavy (non-hydrogen) atoms. The van der Waals surface area contributed by atoms with Crippen molar-refractivity contribution in [1.29, 1.82) is 0 Å². The van der Waals surface area contributed by atoms with Gasteiger partial charge in [0.25, 0.3) is 0 Å². The molecule has 0 bridgehead atoms. The van der Waals surface area contributed by atoms with Crippen molar-refractivity contribution in [3.63, 3.8) is 0 Å². The Morgan fingerprint density at radius 1 is 1.09 bits per heavy atom. The number of hydrogen-bond donors (Lipinski definition) is 1. The van der Waals surface area contributed by atoms with E-state index >= 15 is 0 Å². The van der Waals surface area contributed by atoms with Crippen molar-refractivity contribution in [2.24, 2.45) is 52.3 Å². The number of fused-ring (bicyclic) bond motifs is 5. The standard InChI is InChI=1S/C28H46O4/c1-6-19-23-16-18(29)12-14-28(23,5)22-13-15-27(4)20(9-10-21(27)25(22)26(19)31)17(3)8-11-24(30)32-7-2/h17,19-23,25-26,31H,6-16H2,1-5H3/t17-,19+,20?,21?,22?,23+,25?,26?,27-,28-/m1/s1. The van der Waals surface area contributed by atoms with Gasteiger partial charge in [-0.25, -0.2) is 0 Å². The van der Waals surface area contributed by atoms with Crippen molar-refractivity contribution in [2.45, 2.75) is 105 Å². The summed E-state index contributed by atoms with van der Waals surface area (Å²) < 4.78 is 5.17. The van der Waals surface area contributed by atoms with E-state index in [1.54, 1.807) is 0 Å². The lowest BCUT2D eigenvalue weighted by atomic mass is 9.41. The quantitative estimate of drug-likeness (QED) is 0.524. The fourth-order valence-corrected chi connectivity index (χ4v) is 9.52. The van der Waals surface area contributed by atoms with Crippen molar-refractivity contribution >= 4 is 11.8 Å². The fraction of sp³-hybridized carbons (Fsp3) is 0.929. The Balaban J connectivity index is 1.56. The van der Waals surface area contributed by atoms with Crippen molar-refractivity contribution in [2.75, 3.05) is 6.61 Å². The smallest absolute Gasteiger partial charge is 0.305 e. The molecule has 0 aliphatic heterocycles. The number of carbonyl (C=O) groups is 2. The summed E-state index contributed by atoms with van der Waals surface area (Å²) in [7, 11) is 0. The predicted octanol–water partition coefficient (Wildman–Crippen LogP) is 5.80. The first kappa shape index (κ1) is 24.2. The Morgan fingerprint density at radius 2 is 1.81 bits per heavy atom. The van der Waals surface area contributed by atoms with Gasteiger partial charge in [0, 0.05) is 19.3 Å². The summed E-state index contributed by atoms with van der Waals surface area (Å²) in [6, 6.07) is 0. The SMILES string of the molecule is CCOC(=O)CC[C@@H](C)C1CCC2C3C(O)[C@@H](CC)[C@@H]4CC(=O)CC[C@]4(C)C3CC[C@@]21C. The largest absolute Gasteiger partial charge is 0.466 e. The molecule has 182 valence electrons. The van der Waals surface area contributed by atoms with Crippen LogP contribution in [0.15, 0.2) is 0 Å². The second kappa shape index (κ2) is 9.04. The van der Waals surface area contributed by atoms with Gasteiger partial charge in [0.1, 0.15) is 5.78 Å². The molecule has 4 fully saturated rings. The molecule has 5 unspecified atom stereocenters. The molecule has 4 aliphatic rings. The predicted molar refractivity (Wildman–Crippen MR) is 126 cm³/mol. The molecule has 0 aromatic rings. The first-order valence-electron chi connectivity index (χ1n) is 13.5. The number of rotatable bonds is 6. The van der Waals surface area contributed by atoms with Gasteiger partial charge >= 0.3 is 5.97 Å². The fourth-order valence-electron chi connectivity index (χ4n) is 9.52. The van der Waals surface area contributed by atoms with Crippen LogP contribution in [0.5, 0.6) is 0 Å². The van der Waals surface area contributed by atoms with E-state index in [9.17, 15) is 14.7 Å². The third-order valence-electron chi connectivity index (χ3n) is 11.1. The van der Waals surface area contributed by atoms with E-state index in [4.69, 9.17) is 4.74 Å². The summed E-state index contributed by atoms with van der Waals surface area (Å²) in [5.74, 6) is 3.56. The molecule has 4 saturated carbocycles. The van der Waals surface area contributed by atoms with Gasteiger partial charge in [-0.05, 0) is 97.7 Å². The van der Waals surface area contributed by atoms with Crippen LogP contribution in [0.4, 0.5) is 0 Å². The lowest BCUT2D eigenvalue weighted by Gasteiger charge is -2.64. The topological polar surface area (TPSA) is 63.6 Å². The van der Waals surface area contributed by atoms with Crippen LogP contribution in [-0.2, 0) is 14.3 Å². The molecular formula is C28H46O4. The van der Waals surface area contributed by atoms with Gasteiger partial charge in [0.15, 0.2) is 0 Å². The van der Waals surface area contributed by atoms with Crippen LogP contribution in [0, 0.1) is 52.3 Å². The first-order valence-corrected chi connectivity index (χ1v) is 13.5. The molecular weight excluding hydrogens is 400 g/mol. The number of Topliss-reactive ketones (excluding diaryl/α,β-unsaturated/α-hetero) is 1. The third kappa shape index (κ3) is 3.77. The number of aliphatic hydroxyl groups is 1. The average molecular weight is 447 g/mol. The second-order valence-corrected chi connectivity index (χ2v) is 12.3. The van der Waals surface area contributed by atoms with Crippen LogP contribution in [0.25, 0.3) is 0 Å². The molecule has 4 heteroatoms. The van der Waals surface area contributed by atoms with Crippen molar-refractivity contribution in [1.82, 2.24) is 0 Å². The number of esters is 1. The Labute approximate surface area is 195 Å².